The first kappa shape index (κ1) is 15.4. The zero-order valence-corrected chi connectivity index (χ0v) is 13.9. The highest BCUT2D eigenvalue weighted by molar-refractivity contribution is 5.96. The van der Waals surface area contributed by atoms with Gasteiger partial charge >= 0.3 is 0 Å². The molecule has 2 aliphatic heterocycles. The van der Waals surface area contributed by atoms with Crippen molar-refractivity contribution in [1.29, 1.82) is 0 Å². The van der Waals surface area contributed by atoms with E-state index in [1.165, 1.54) is 0 Å². The molecule has 1 aromatic heterocycles. The van der Waals surface area contributed by atoms with Gasteiger partial charge in [-0.15, -0.1) is 0 Å². The van der Waals surface area contributed by atoms with Crippen LogP contribution in [0.4, 0.5) is 0 Å². The molecule has 1 aromatic carbocycles. The molecule has 2 bridgehead atoms. The molecule has 0 aliphatic carbocycles. The van der Waals surface area contributed by atoms with Crippen molar-refractivity contribution >= 4 is 5.91 Å². The largest absolute Gasteiger partial charge is 0.396 e. The number of nitrogens with zero attached hydrogens (tertiary/aromatic N) is 2. The van der Waals surface area contributed by atoms with Gasteiger partial charge < -0.3 is 15.0 Å². The van der Waals surface area contributed by atoms with Gasteiger partial charge in [-0.05, 0) is 37.8 Å². The number of imidazole rings is 1. The van der Waals surface area contributed by atoms with Crippen LogP contribution < -0.4 is 0 Å². The molecular formula is C19H23N3O2. The molecule has 5 nitrogen and oxygen atoms in total. The lowest BCUT2D eigenvalue weighted by atomic mass is 9.72. The van der Waals surface area contributed by atoms with E-state index in [0.717, 1.165) is 37.1 Å². The second-order valence-corrected chi connectivity index (χ2v) is 7.06. The minimum absolute atomic E-state index is 0.0830. The fourth-order valence-corrected chi connectivity index (χ4v) is 4.63. The van der Waals surface area contributed by atoms with Crippen LogP contribution in [-0.2, 0) is 0 Å². The summed E-state index contributed by atoms with van der Waals surface area (Å²) in [5.74, 6) is 0.854. The molecular weight excluding hydrogens is 302 g/mol. The van der Waals surface area contributed by atoms with E-state index in [4.69, 9.17) is 0 Å². The molecule has 5 heteroatoms. The zero-order valence-electron chi connectivity index (χ0n) is 13.9. The van der Waals surface area contributed by atoms with Crippen molar-refractivity contribution in [1.82, 2.24) is 14.9 Å². The van der Waals surface area contributed by atoms with Gasteiger partial charge in [-0.3, -0.25) is 4.79 Å². The SMILES string of the molecule is CC[C@@]1(CO)C[C@@H]2CC[C@H]1N2C(=O)c1cccc(-c2ncc[nH]2)c1. The smallest absolute Gasteiger partial charge is 0.254 e. The molecule has 2 saturated heterocycles. The molecule has 2 aliphatic rings. The third kappa shape index (κ3) is 2.18. The van der Waals surface area contributed by atoms with Gasteiger partial charge in [0.25, 0.3) is 5.91 Å². The number of hydrogen-bond acceptors (Lipinski definition) is 3. The van der Waals surface area contributed by atoms with E-state index >= 15 is 0 Å². The van der Waals surface area contributed by atoms with Crippen molar-refractivity contribution < 1.29 is 9.90 Å². The number of aromatic nitrogens is 2. The number of aromatic amines is 1. The van der Waals surface area contributed by atoms with Crippen molar-refractivity contribution in [3.05, 3.63) is 42.2 Å². The summed E-state index contributed by atoms with van der Waals surface area (Å²) < 4.78 is 0. The number of benzene rings is 1. The topological polar surface area (TPSA) is 69.2 Å². The molecule has 2 N–H and O–H groups in total. The van der Waals surface area contributed by atoms with Gasteiger partial charge in [-0.25, -0.2) is 4.98 Å². The third-order valence-corrected chi connectivity index (χ3v) is 5.99. The van der Waals surface area contributed by atoms with Crippen molar-refractivity contribution in [2.75, 3.05) is 6.61 Å². The molecule has 0 unspecified atom stereocenters. The van der Waals surface area contributed by atoms with E-state index in [1.807, 2.05) is 29.2 Å². The Morgan fingerprint density at radius 3 is 3.00 bits per heavy atom. The Morgan fingerprint density at radius 1 is 1.46 bits per heavy atom. The van der Waals surface area contributed by atoms with E-state index in [9.17, 15) is 9.90 Å². The lowest BCUT2D eigenvalue weighted by Crippen LogP contribution is -2.42. The van der Waals surface area contributed by atoms with Crippen molar-refractivity contribution in [2.45, 2.75) is 44.7 Å². The predicted octanol–water partition coefficient (Wildman–Crippen LogP) is 2.84. The van der Waals surface area contributed by atoms with Crippen LogP contribution in [0.2, 0.25) is 0 Å². The predicted molar refractivity (Wildman–Crippen MR) is 91.4 cm³/mol. The van der Waals surface area contributed by atoms with Crippen LogP contribution in [0.3, 0.4) is 0 Å². The van der Waals surface area contributed by atoms with E-state index in [-0.39, 0.29) is 30.0 Å². The van der Waals surface area contributed by atoms with Gasteiger partial charge in [0.05, 0.1) is 6.61 Å². The first-order valence-corrected chi connectivity index (χ1v) is 8.72. The van der Waals surface area contributed by atoms with E-state index in [1.54, 1.807) is 12.4 Å². The van der Waals surface area contributed by atoms with E-state index < -0.39 is 0 Å². The van der Waals surface area contributed by atoms with Crippen LogP contribution >= 0.6 is 0 Å². The molecule has 0 radical (unpaired) electrons. The number of amides is 1. The number of aliphatic hydroxyl groups excluding tert-OH is 1. The fourth-order valence-electron chi connectivity index (χ4n) is 4.63. The maximum atomic E-state index is 13.2. The standard InChI is InChI=1S/C19H23N3O2/c1-2-19(12-23)11-15-6-7-16(19)22(15)18(24)14-5-3-4-13(10-14)17-20-8-9-21-17/h3-5,8-10,15-16,23H,2,6-7,11-12H2,1H3,(H,20,21)/t15-,16+,19-/m0/s1. The van der Waals surface area contributed by atoms with Gasteiger partial charge in [0, 0.05) is 41.0 Å². The average Bonchev–Trinajstić information content (AvgIpc) is 3.36. The Hall–Kier alpha value is -2.14. The van der Waals surface area contributed by atoms with Crippen LogP contribution in [0.25, 0.3) is 11.4 Å². The quantitative estimate of drug-likeness (QED) is 0.908. The van der Waals surface area contributed by atoms with Crippen LogP contribution in [-0.4, -0.2) is 44.6 Å². The van der Waals surface area contributed by atoms with Gasteiger partial charge in [0.1, 0.15) is 5.82 Å². The number of carbonyl (C=O) groups is 1. The minimum atomic E-state index is -0.114. The fraction of sp³-hybridized carbons (Fsp3) is 0.474. The summed E-state index contributed by atoms with van der Waals surface area (Å²) in [6.07, 6.45) is 7.39. The molecule has 0 saturated carbocycles. The maximum absolute atomic E-state index is 13.2. The van der Waals surface area contributed by atoms with Crippen molar-refractivity contribution in [2.24, 2.45) is 5.41 Å². The molecule has 24 heavy (non-hydrogen) atoms. The summed E-state index contributed by atoms with van der Waals surface area (Å²) in [7, 11) is 0. The summed E-state index contributed by atoms with van der Waals surface area (Å²) in [4.78, 5) is 22.5. The number of fused-ring (bicyclic) bond motifs is 2. The molecule has 3 heterocycles. The highest BCUT2D eigenvalue weighted by Gasteiger charge is 2.56. The first-order valence-electron chi connectivity index (χ1n) is 8.72. The number of carbonyl (C=O) groups excluding carboxylic acids is 1. The summed E-state index contributed by atoms with van der Waals surface area (Å²) in [6.45, 7) is 2.29. The molecule has 2 fully saturated rings. The Kier molecular flexibility index (Phi) is 3.68. The number of aliphatic hydroxyl groups is 1. The molecule has 1 amide bonds. The van der Waals surface area contributed by atoms with Gasteiger partial charge in [-0.1, -0.05) is 19.1 Å². The Balaban J connectivity index is 1.64. The lowest BCUT2D eigenvalue weighted by Gasteiger charge is -2.34. The van der Waals surface area contributed by atoms with Crippen LogP contribution in [0.15, 0.2) is 36.7 Å². The summed E-state index contributed by atoms with van der Waals surface area (Å²) >= 11 is 0. The molecule has 2 aromatic rings. The Labute approximate surface area is 141 Å². The van der Waals surface area contributed by atoms with Gasteiger partial charge in [-0.2, -0.15) is 0 Å². The molecule has 4 rings (SSSR count). The van der Waals surface area contributed by atoms with Crippen molar-refractivity contribution in [3.63, 3.8) is 0 Å². The summed E-state index contributed by atoms with van der Waals surface area (Å²) in [6, 6.07) is 8.07. The van der Waals surface area contributed by atoms with Crippen molar-refractivity contribution in [3.8, 4) is 11.4 Å². The normalized spacial score (nSPS) is 28.5. The van der Waals surface area contributed by atoms with E-state index in [2.05, 4.69) is 16.9 Å². The monoisotopic (exact) mass is 325 g/mol. The van der Waals surface area contributed by atoms with E-state index in [0.29, 0.717) is 5.56 Å². The molecule has 3 atom stereocenters. The zero-order chi connectivity index (χ0) is 16.7. The van der Waals surface area contributed by atoms with Crippen LogP contribution in [0.1, 0.15) is 43.0 Å². The molecule has 126 valence electrons. The second-order valence-electron chi connectivity index (χ2n) is 7.06. The number of H-pyrrole nitrogens is 1. The summed E-state index contributed by atoms with van der Waals surface area (Å²) in [5.41, 5.74) is 1.50. The first-order chi connectivity index (χ1) is 11.7. The van der Waals surface area contributed by atoms with Crippen LogP contribution in [0.5, 0.6) is 0 Å². The van der Waals surface area contributed by atoms with Gasteiger partial charge in [0.2, 0.25) is 0 Å². The third-order valence-electron chi connectivity index (χ3n) is 5.99. The minimum Gasteiger partial charge on any atom is -0.396 e. The number of hydrogen-bond donors (Lipinski definition) is 2. The second kappa shape index (κ2) is 5.74. The lowest BCUT2D eigenvalue weighted by molar-refractivity contribution is 0.0557. The number of rotatable bonds is 4. The summed E-state index contributed by atoms with van der Waals surface area (Å²) in [5, 5.41) is 9.93. The van der Waals surface area contributed by atoms with Gasteiger partial charge in [0.15, 0.2) is 0 Å². The number of nitrogens with one attached hydrogen (secondary N) is 1. The molecule has 0 spiro atoms. The highest BCUT2D eigenvalue weighted by Crippen LogP contribution is 2.51. The Morgan fingerprint density at radius 2 is 2.33 bits per heavy atom. The van der Waals surface area contributed by atoms with Crippen LogP contribution in [0, 0.1) is 5.41 Å². The highest BCUT2D eigenvalue weighted by atomic mass is 16.3. The Bertz CT molecular complexity index is 737. The average molecular weight is 325 g/mol. The maximum Gasteiger partial charge on any atom is 0.254 e.